The first-order valence-corrected chi connectivity index (χ1v) is 12.7. The van der Waals surface area contributed by atoms with Crippen molar-refractivity contribution in [2.75, 3.05) is 24.3 Å². The van der Waals surface area contributed by atoms with Gasteiger partial charge in [-0.25, -0.2) is 9.18 Å². The summed E-state index contributed by atoms with van der Waals surface area (Å²) in [4.78, 5) is 39.8. The van der Waals surface area contributed by atoms with Gasteiger partial charge in [-0.15, -0.1) is 0 Å². The number of nitrogens with zero attached hydrogens (tertiary/aromatic N) is 1. The molecule has 0 aromatic heterocycles. The van der Waals surface area contributed by atoms with E-state index in [1.165, 1.54) is 24.3 Å². The normalized spacial score (nSPS) is 23.4. The lowest BCUT2D eigenvalue weighted by Gasteiger charge is -2.42. The molecule has 9 nitrogen and oxygen atoms in total. The van der Waals surface area contributed by atoms with Gasteiger partial charge >= 0.3 is 6.03 Å². The SMILES string of the molecule is CN1C(=O)c2cc(NC(=O)Nc3ccc(F)cc3)ccc2OC[C@H]2O[C@@H](CC(=O)NC3CCC3)CC[C@@H]21. The highest BCUT2D eigenvalue weighted by Gasteiger charge is 2.39. The highest BCUT2D eigenvalue weighted by atomic mass is 19.1. The van der Waals surface area contributed by atoms with Crippen molar-refractivity contribution in [3.05, 3.63) is 53.8 Å². The van der Waals surface area contributed by atoms with Gasteiger partial charge in [0.15, 0.2) is 0 Å². The van der Waals surface area contributed by atoms with Crippen molar-refractivity contribution in [2.24, 2.45) is 0 Å². The lowest BCUT2D eigenvalue weighted by atomic mass is 9.92. The third-order valence-electron chi connectivity index (χ3n) is 7.26. The molecule has 196 valence electrons. The molecule has 4 amide bonds. The van der Waals surface area contributed by atoms with E-state index in [1.54, 1.807) is 30.1 Å². The lowest BCUT2D eigenvalue weighted by Crippen LogP contribution is -2.54. The van der Waals surface area contributed by atoms with Gasteiger partial charge in [-0.3, -0.25) is 9.59 Å². The Balaban J connectivity index is 1.23. The molecule has 2 aromatic rings. The van der Waals surface area contributed by atoms with E-state index in [0.717, 1.165) is 19.3 Å². The predicted molar refractivity (Wildman–Crippen MR) is 135 cm³/mol. The molecule has 3 aliphatic rings. The lowest BCUT2D eigenvalue weighted by molar-refractivity contribution is -0.135. The van der Waals surface area contributed by atoms with Gasteiger partial charge in [-0.2, -0.15) is 0 Å². The Hall–Kier alpha value is -3.66. The van der Waals surface area contributed by atoms with Crippen molar-refractivity contribution >= 4 is 29.2 Å². The third-order valence-corrected chi connectivity index (χ3v) is 7.26. The number of ether oxygens (including phenoxy) is 2. The molecule has 2 heterocycles. The summed E-state index contributed by atoms with van der Waals surface area (Å²) in [5, 5.41) is 8.38. The molecule has 0 bridgehead atoms. The van der Waals surface area contributed by atoms with Crippen LogP contribution in [0.2, 0.25) is 0 Å². The molecule has 0 unspecified atom stereocenters. The molecular formula is C27H31FN4O5. The number of halogens is 1. The van der Waals surface area contributed by atoms with Crippen molar-refractivity contribution in [1.82, 2.24) is 10.2 Å². The zero-order valence-electron chi connectivity index (χ0n) is 20.7. The van der Waals surface area contributed by atoms with E-state index in [-0.39, 0.29) is 36.7 Å². The Morgan fingerprint density at radius 2 is 1.76 bits per heavy atom. The molecular weight excluding hydrogens is 479 g/mol. The number of fused-ring (bicyclic) bond motifs is 2. The minimum Gasteiger partial charge on any atom is -0.490 e. The molecule has 5 rings (SSSR count). The molecule has 0 spiro atoms. The van der Waals surface area contributed by atoms with Crippen LogP contribution >= 0.6 is 0 Å². The fourth-order valence-corrected chi connectivity index (χ4v) is 4.98. The second-order valence-corrected chi connectivity index (χ2v) is 9.86. The maximum absolute atomic E-state index is 13.4. The van der Waals surface area contributed by atoms with Gasteiger partial charge in [-0.1, -0.05) is 0 Å². The zero-order valence-corrected chi connectivity index (χ0v) is 20.7. The van der Waals surface area contributed by atoms with Crippen LogP contribution in [0, 0.1) is 5.82 Å². The number of hydrogen-bond donors (Lipinski definition) is 3. The van der Waals surface area contributed by atoms with Crippen LogP contribution in [0.25, 0.3) is 0 Å². The molecule has 1 saturated carbocycles. The number of benzene rings is 2. The molecule has 0 radical (unpaired) electrons. The fraction of sp³-hybridized carbons (Fsp3) is 0.444. The van der Waals surface area contributed by atoms with Crippen LogP contribution in [0.15, 0.2) is 42.5 Å². The highest BCUT2D eigenvalue weighted by molar-refractivity contribution is 6.02. The summed E-state index contributed by atoms with van der Waals surface area (Å²) in [7, 11) is 1.74. The van der Waals surface area contributed by atoms with Crippen molar-refractivity contribution in [1.29, 1.82) is 0 Å². The Bertz CT molecular complexity index is 1170. The van der Waals surface area contributed by atoms with Crippen LogP contribution in [0.3, 0.4) is 0 Å². The molecule has 2 aromatic carbocycles. The highest BCUT2D eigenvalue weighted by Crippen LogP contribution is 2.32. The minimum absolute atomic E-state index is 0.0122. The summed E-state index contributed by atoms with van der Waals surface area (Å²) in [6.07, 6.45) is 4.36. The van der Waals surface area contributed by atoms with Crippen LogP contribution in [0.1, 0.15) is 48.9 Å². The molecule has 2 fully saturated rings. The first-order chi connectivity index (χ1) is 17.9. The number of urea groups is 1. The van der Waals surface area contributed by atoms with Gasteiger partial charge in [0, 0.05) is 24.5 Å². The third kappa shape index (κ3) is 5.85. The Morgan fingerprint density at radius 3 is 2.49 bits per heavy atom. The summed E-state index contributed by atoms with van der Waals surface area (Å²) >= 11 is 0. The van der Waals surface area contributed by atoms with Crippen molar-refractivity contribution in [2.45, 2.75) is 62.8 Å². The number of hydrogen-bond acceptors (Lipinski definition) is 5. The topological polar surface area (TPSA) is 109 Å². The van der Waals surface area contributed by atoms with Gasteiger partial charge in [0.05, 0.1) is 24.1 Å². The van der Waals surface area contributed by atoms with Gasteiger partial charge in [0.1, 0.15) is 24.3 Å². The first kappa shape index (κ1) is 25.0. The average Bonchev–Trinajstić information content (AvgIpc) is 2.85. The maximum atomic E-state index is 13.4. The largest absolute Gasteiger partial charge is 0.490 e. The molecule has 2 aliphatic heterocycles. The number of carbonyl (C=O) groups is 3. The number of anilines is 2. The molecule has 37 heavy (non-hydrogen) atoms. The van der Waals surface area contributed by atoms with E-state index in [0.29, 0.717) is 48.0 Å². The molecule has 10 heteroatoms. The zero-order chi connectivity index (χ0) is 25.9. The van der Waals surface area contributed by atoms with E-state index >= 15 is 0 Å². The Kier molecular flexibility index (Phi) is 7.27. The van der Waals surface area contributed by atoms with Crippen LogP contribution in [0.5, 0.6) is 5.75 Å². The molecule has 3 N–H and O–H groups in total. The number of likely N-dealkylation sites (N-methyl/N-ethyl adjacent to an activating group) is 1. The standard InChI is InChI=1S/C27H31FN4O5/c1-32-22-11-10-20(14-25(33)29-17-3-2-4-17)37-24(22)15-36-23-12-9-19(13-21(23)26(32)34)31-27(35)30-18-7-5-16(28)6-8-18/h5-9,12-13,17,20,22,24H,2-4,10-11,14-15H2,1H3,(H,29,33)(H2,30,31,35)/t20-,22+,24-/m1/s1. The predicted octanol–water partition coefficient (Wildman–Crippen LogP) is 3.91. The fourth-order valence-electron chi connectivity index (χ4n) is 4.98. The van der Waals surface area contributed by atoms with Crippen LogP contribution in [-0.4, -0.2) is 60.7 Å². The van der Waals surface area contributed by atoms with E-state index in [4.69, 9.17) is 9.47 Å². The summed E-state index contributed by atoms with van der Waals surface area (Å²) in [5.41, 5.74) is 1.19. The number of carbonyl (C=O) groups excluding carboxylic acids is 3. The second-order valence-electron chi connectivity index (χ2n) is 9.86. The van der Waals surface area contributed by atoms with Crippen molar-refractivity contribution in [3.63, 3.8) is 0 Å². The summed E-state index contributed by atoms with van der Waals surface area (Å²) in [6, 6.07) is 9.86. The minimum atomic E-state index is -0.521. The van der Waals surface area contributed by atoms with Gasteiger partial charge < -0.3 is 30.3 Å². The van der Waals surface area contributed by atoms with Crippen molar-refractivity contribution < 1.29 is 28.2 Å². The number of nitrogens with one attached hydrogen (secondary N) is 3. The Labute approximate surface area is 214 Å². The summed E-state index contributed by atoms with van der Waals surface area (Å²) in [6.45, 7) is 0.244. The Morgan fingerprint density at radius 1 is 1.03 bits per heavy atom. The van der Waals surface area contributed by atoms with Crippen LogP contribution in [-0.2, 0) is 9.53 Å². The van der Waals surface area contributed by atoms with Gasteiger partial charge in [0.25, 0.3) is 5.91 Å². The van der Waals surface area contributed by atoms with Gasteiger partial charge in [0.2, 0.25) is 5.91 Å². The molecule has 1 saturated heterocycles. The first-order valence-electron chi connectivity index (χ1n) is 12.7. The van der Waals surface area contributed by atoms with Crippen LogP contribution in [0.4, 0.5) is 20.6 Å². The van der Waals surface area contributed by atoms with E-state index in [1.807, 2.05) is 0 Å². The molecule has 1 aliphatic carbocycles. The van der Waals surface area contributed by atoms with E-state index < -0.39 is 11.8 Å². The molecule has 3 atom stereocenters. The summed E-state index contributed by atoms with van der Waals surface area (Å²) < 4.78 is 25.3. The average molecular weight is 511 g/mol. The maximum Gasteiger partial charge on any atom is 0.323 e. The van der Waals surface area contributed by atoms with Gasteiger partial charge in [-0.05, 0) is 74.6 Å². The summed E-state index contributed by atoms with van der Waals surface area (Å²) in [5.74, 6) is -0.227. The van der Waals surface area contributed by atoms with E-state index in [9.17, 15) is 18.8 Å². The van der Waals surface area contributed by atoms with Crippen molar-refractivity contribution in [3.8, 4) is 5.75 Å². The monoisotopic (exact) mass is 510 g/mol. The van der Waals surface area contributed by atoms with Crippen LogP contribution < -0.4 is 20.7 Å². The quantitative estimate of drug-likeness (QED) is 0.565. The second kappa shape index (κ2) is 10.8. The number of rotatable bonds is 5. The number of amides is 4. The smallest absolute Gasteiger partial charge is 0.323 e. The van der Waals surface area contributed by atoms with E-state index in [2.05, 4.69) is 16.0 Å².